The predicted octanol–water partition coefficient (Wildman–Crippen LogP) is 11.6. The third-order valence-corrected chi connectivity index (χ3v) is 8.71. The maximum Gasteiger partial charge on any atom is 0.0794 e. The van der Waals surface area contributed by atoms with E-state index in [-0.39, 0.29) is 10.8 Å². The average Bonchev–Trinajstić information content (AvgIpc) is 2.98. The molecule has 7 aromatic rings. The van der Waals surface area contributed by atoms with Crippen LogP contribution in [0.5, 0.6) is 0 Å². The molecule has 206 valence electrons. The summed E-state index contributed by atoms with van der Waals surface area (Å²) < 4.78 is 0. The summed E-state index contributed by atoms with van der Waals surface area (Å²) in [6.45, 7) is 13.8. The van der Waals surface area contributed by atoms with Crippen LogP contribution in [-0.4, -0.2) is 4.98 Å². The lowest BCUT2D eigenvalue weighted by Gasteiger charge is -2.26. The number of benzene rings is 6. The first-order chi connectivity index (χ1) is 20.1. The second-order valence-corrected chi connectivity index (χ2v) is 13.7. The standard InChI is InChI=1S/C41H37N/c1-40(2,3)31-23-30(24-32(25-31)41(4,5)6)28-14-11-15-29(22-28)37-35-20-18-26-12-7-9-16-33(26)38(35)42-39-34-17-10-8-13-27(34)19-21-36(37)39/h7-25H,1-6H3. The Morgan fingerprint density at radius 3 is 1.43 bits per heavy atom. The van der Waals surface area contributed by atoms with Gasteiger partial charge in [-0.05, 0) is 55.5 Å². The molecule has 1 nitrogen and oxygen atoms in total. The highest BCUT2D eigenvalue weighted by molar-refractivity contribution is 6.21. The molecular formula is C41H37N. The Bertz CT molecular complexity index is 2030. The zero-order chi connectivity index (χ0) is 29.2. The van der Waals surface area contributed by atoms with Gasteiger partial charge in [-0.2, -0.15) is 0 Å². The van der Waals surface area contributed by atoms with Crippen LogP contribution in [0.4, 0.5) is 0 Å². The highest BCUT2D eigenvalue weighted by Crippen LogP contribution is 2.41. The number of aromatic nitrogens is 1. The second-order valence-electron chi connectivity index (χ2n) is 13.7. The Balaban J connectivity index is 1.55. The summed E-state index contributed by atoms with van der Waals surface area (Å²) in [6, 6.07) is 42.5. The van der Waals surface area contributed by atoms with Crippen molar-refractivity contribution in [1.82, 2.24) is 4.98 Å². The van der Waals surface area contributed by atoms with Gasteiger partial charge in [0.2, 0.25) is 0 Å². The molecule has 0 aliphatic rings. The number of fused-ring (bicyclic) bond motifs is 6. The Hall–Kier alpha value is -4.49. The van der Waals surface area contributed by atoms with E-state index in [0.29, 0.717) is 0 Å². The number of rotatable bonds is 2. The molecule has 0 radical (unpaired) electrons. The molecule has 0 N–H and O–H groups in total. The highest BCUT2D eigenvalue weighted by atomic mass is 14.7. The van der Waals surface area contributed by atoms with Crippen LogP contribution >= 0.6 is 0 Å². The summed E-state index contributed by atoms with van der Waals surface area (Å²) in [5.74, 6) is 0. The molecule has 0 saturated heterocycles. The molecular weight excluding hydrogens is 506 g/mol. The van der Waals surface area contributed by atoms with E-state index in [1.54, 1.807) is 0 Å². The van der Waals surface area contributed by atoms with Crippen LogP contribution in [0.3, 0.4) is 0 Å². The lowest BCUT2D eigenvalue weighted by atomic mass is 9.79. The van der Waals surface area contributed by atoms with Crippen LogP contribution in [0.2, 0.25) is 0 Å². The lowest BCUT2D eigenvalue weighted by molar-refractivity contribution is 0.569. The van der Waals surface area contributed by atoms with Gasteiger partial charge in [-0.15, -0.1) is 0 Å². The molecule has 7 rings (SSSR count). The summed E-state index contributed by atoms with van der Waals surface area (Å²) in [4.78, 5) is 5.38. The van der Waals surface area contributed by atoms with E-state index in [9.17, 15) is 0 Å². The van der Waals surface area contributed by atoms with Crippen LogP contribution in [0.15, 0.2) is 115 Å². The fourth-order valence-corrected chi connectivity index (χ4v) is 6.24. The zero-order valence-corrected chi connectivity index (χ0v) is 25.4. The molecule has 0 aliphatic carbocycles. The molecule has 0 saturated carbocycles. The smallest absolute Gasteiger partial charge is 0.0794 e. The van der Waals surface area contributed by atoms with Crippen LogP contribution in [-0.2, 0) is 10.8 Å². The zero-order valence-electron chi connectivity index (χ0n) is 25.4. The molecule has 0 spiro atoms. The fourth-order valence-electron chi connectivity index (χ4n) is 6.24. The van der Waals surface area contributed by atoms with Crippen molar-refractivity contribution in [1.29, 1.82) is 0 Å². The molecule has 0 unspecified atom stereocenters. The maximum absolute atomic E-state index is 5.38. The van der Waals surface area contributed by atoms with Crippen molar-refractivity contribution in [3.05, 3.63) is 126 Å². The van der Waals surface area contributed by atoms with E-state index >= 15 is 0 Å². The van der Waals surface area contributed by atoms with E-state index in [1.807, 2.05) is 0 Å². The number of nitrogens with zero attached hydrogens (tertiary/aromatic N) is 1. The van der Waals surface area contributed by atoms with E-state index < -0.39 is 0 Å². The van der Waals surface area contributed by atoms with Crippen molar-refractivity contribution in [3.63, 3.8) is 0 Å². The first-order valence-corrected chi connectivity index (χ1v) is 15.0. The van der Waals surface area contributed by atoms with E-state index in [0.717, 1.165) is 11.0 Å². The average molecular weight is 544 g/mol. The second kappa shape index (κ2) is 9.53. The van der Waals surface area contributed by atoms with Crippen molar-refractivity contribution < 1.29 is 0 Å². The molecule has 1 aromatic heterocycles. The minimum atomic E-state index is 0.0627. The van der Waals surface area contributed by atoms with Crippen LogP contribution < -0.4 is 0 Å². The summed E-state index contributed by atoms with van der Waals surface area (Å²) >= 11 is 0. The monoisotopic (exact) mass is 543 g/mol. The third-order valence-electron chi connectivity index (χ3n) is 8.71. The largest absolute Gasteiger partial charge is 0.246 e. The number of hydrogen-bond acceptors (Lipinski definition) is 1. The quantitative estimate of drug-likeness (QED) is 0.156. The van der Waals surface area contributed by atoms with Gasteiger partial charge in [-0.1, -0.05) is 151 Å². The first kappa shape index (κ1) is 26.4. The van der Waals surface area contributed by atoms with Gasteiger partial charge in [0.1, 0.15) is 0 Å². The van der Waals surface area contributed by atoms with Crippen molar-refractivity contribution >= 4 is 43.4 Å². The first-order valence-electron chi connectivity index (χ1n) is 15.0. The predicted molar refractivity (Wildman–Crippen MR) is 183 cm³/mol. The third kappa shape index (κ3) is 4.45. The SMILES string of the molecule is CC(C)(C)c1cc(-c2cccc(-c3c4ccc5ccccc5c4nc4c3ccc3ccccc34)c2)cc(C(C)(C)C)c1. The summed E-state index contributed by atoms with van der Waals surface area (Å²) in [6.07, 6.45) is 0. The lowest BCUT2D eigenvalue weighted by Crippen LogP contribution is -2.16. The van der Waals surface area contributed by atoms with Crippen molar-refractivity contribution in [2.24, 2.45) is 0 Å². The maximum atomic E-state index is 5.38. The van der Waals surface area contributed by atoms with Crippen LogP contribution in [0.1, 0.15) is 52.7 Å². The summed E-state index contributed by atoms with van der Waals surface area (Å²) in [7, 11) is 0. The van der Waals surface area contributed by atoms with Gasteiger partial charge in [0.15, 0.2) is 0 Å². The van der Waals surface area contributed by atoms with Gasteiger partial charge in [0, 0.05) is 27.1 Å². The minimum absolute atomic E-state index is 0.0627. The minimum Gasteiger partial charge on any atom is -0.246 e. The molecule has 0 amide bonds. The van der Waals surface area contributed by atoms with E-state index in [2.05, 4.69) is 157 Å². The summed E-state index contributed by atoms with van der Waals surface area (Å²) in [5.41, 5.74) is 9.95. The van der Waals surface area contributed by atoms with Crippen molar-refractivity contribution in [2.75, 3.05) is 0 Å². The van der Waals surface area contributed by atoms with Crippen LogP contribution in [0, 0.1) is 0 Å². The molecule has 0 fully saturated rings. The Morgan fingerprint density at radius 1 is 0.405 bits per heavy atom. The van der Waals surface area contributed by atoms with Crippen molar-refractivity contribution in [3.8, 4) is 22.3 Å². The highest BCUT2D eigenvalue weighted by Gasteiger charge is 2.22. The van der Waals surface area contributed by atoms with Gasteiger partial charge >= 0.3 is 0 Å². The molecule has 1 heteroatoms. The normalized spacial score (nSPS) is 12.5. The van der Waals surface area contributed by atoms with Gasteiger partial charge in [-0.3, -0.25) is 0 Å². The van der Waals surface area contributed by atoms with E-state index in [4.69, 9.17) is 4.98 Å². The van der Waals surface area contributed by atoms with Gasteiger partial charge in [-0.25, -0.2) is 4.98 Å². The molecule has 0 bridgehead atoms. The Morgan fingerprint density at radius 2 is 0.905 bits per heavy atom. The van der Waals surface area contributed by atoms with Gasteiger partial charge in [0.05, 0.1) is 11.0 Å². The van der Waals surface area contributed by atoms with Crippen molar-refractivity contribution in [2.45, 2.75) is 52.4 Å². The molecule has 6 aromatic carbocycles. The van der Waals surface area contributed by atoms with Gasteiger partial charge < -0.3 is 0 Å². The fraction of sp³-hybridized carbons (Fsp3) is 0.195. The topological polar surface area (TPSA) is 12.9 Å². The Kier molecular flexibility index (Phi) is 5.99. The number of pyridine rings is 1. The molecule has 0 aliphatic heterocycles. The molecule has 1 heterocycles. The summed E-state index contributed by atoms with van der Waals surface area (Å²) in [5, 5.41) is 7.18. The Labute approximate surface area is 248 Å². The molecule has 42 heavy (non-hydrogen) atoms. The number of hydrogen-bond donors (Lipinski definition) is 0. The van der Waals surface area contributed by atoms with Gasteiger partial charge in [0.25, 0.3) is 0 Å². The van der Waals surface area contributed by atoms with Crippen LogP contribution in [0.25, 0.3) is 65.6 Å². The van der Waals surface area contributed by atoms with E-state index in [1.165, 1.54) is 65.7 Å². The molecule has 0 atom stereocenters.